The molecule has 25 heavy (non-hydrogen) atoms. The van der Waals surface area contributed by atoms with Gasteiger partial charge in [-0.2, -0.15) is 13.2 Å². The number of nitrogens with zero attached hydrogens (tertiary/aromatic N) is 3. The molecule has 3 heterocycles. The van der Waals surface area contributed by atoms with Gasteiger partial charge >= 0.3 is 6.18 Å². The van der Waals surface area contributed by atoms with Crippen molar-refractivity contribution in [1.29, 1.82) is 0 Å². The molecular weight excluding hydrogens is 338 g/mol. The Hall–Kier alpha value is -2.90. The molecule has 1 amide bonds. The van der Waals surface area contributed by atoms with E-state index >= 15 is 0 Å². The quantitative estimate of drug-likeness (QED) is 0.622. The Labute approximate surface area is 139 Å². The van der Waals surface area contributed by atoms with E-state index < -0.39 is 29.4 Å². The van der Waals surface area contributed by atoms with Crippen molar-refractivity contribution in [3.05, 3.63) is 59.2 Å². The minimum atomic E-state index is -4.77. The number of hydrogen-bond donors (Lipinski definition) is 0. The normalized spacial score (nSPS) is 14.4. The summed E-state index contributed by atoms with van der Waals surface area (Å²) in [4.78, 5) is 17.1. The molecule has 4 rings (SSSR count). The monoisotopic (exact) mass is 349 g/mol. The number of anilines is 2. The lowest BCUT2D eigenvalue weighted by atomic mass is 10.1. The van der Waals surface area contributed by atoms with Crippen molar-refractivity contribution in [2.75, 3.05) is 4.90 Å². The molecule has 0 aliphatic carbocycles. The molecule has 4 nitrogen and oxygen atoms in total. The standard InChI is InChI=1S/C17H11F4N3O/c1-9-5-6-23-12(7-9)22-16(15(23)17(19,20)21)24-13(25)8-10-3-2-4-11(18)14(10)24/h2-7H,8H2,1H3. The molecule has 1 aliphatic rings. The molecule has 0 bridgehead atoms. The zero-order valence-electron chi connectivity index (χ0n) is 12.9. The van der Waals surface area contributed by atoms with Gasteiger partial charge in [-0.3, -0.25) is 14.1 Å². The van der Waals surface area contributed by atoms with Crippen LogP contribution >= 0.6 is 0 Å². The van der Waals surface area contributed by atoms with Gasteiger partial charge in [0.15, 0.2) is 11.5 Å². The van der Waals surface area contributed by atoms with Gasteiger partial charge in [0, 0.05) is 6.20 Å². The molecule has 0 N–H and O–H groups in total. The Kier molecular flexibility index (Phi) is 3.15. The number of alkyl halides is 3. The van der Waals surface area contributed by atoms with Gasteiger partial charge in [-0.1, -0.05) is 12.1 Å². The largest absolute Gasteiger partial charge is 0.435 e. The zero-order chi connectivity index (χ0) is 17.9. The van der Waals surface area contributed by atoms with Gasteiger partial charge in [-0.05, 0) is 36.2 Å². The number of carbonyl (C=O) groups excluding carboxylic acids is 1. The van der Waals surface area contributed by atoms with E-state index in [0.717, 1.165) is 20.9 Å². The predicted octanol–water partition coefficient (Wildman–Crippen LogP) is 4.02. The second-order valence-electron chi connectivity index (χ2n) is 5.87. The summed E-state index contributed by atoms with van der Waals surface area (Å²) in [6.07, 6.45) is -3.69. The molecule has 0 radical (unpaired) electrons. The van der Waals surface area contributed by atoms with E-state index in [2.05, 4.69) is 4.98 Å². The topological polar surface area (TPSA) is 37.6 Å². The molecule has 2 aromatic heterocycles. The number of rotatable bonds is 1. The van der Waals surface area contributed by atoms with Crippen LogP contribution in [0, 0.1) is 12.7 Å². The minimum Gasteiger partial charge on any atom is -0.294 e. The highest BCUT2D eigenvalue weighted by Gasteiger charge is 2.44. The number of amides is 1. The first-order valence-corrected chi connectivity index (χ1v) is 7.43. The van der Waals surface area contributed by atoms with Crippen LogP contribution in [-0.2, 0) is 17.4 Å². The highest BCUT2D eigenvalue weighted by atomic mass is 19.4. The van der Waals surface area contributed by atoms with Crippen molar-refractivity contribution in [3.63, 3.8) is 0 Å². The van der Waals surface area contributed by atoms with Crippen LogP contribution in [0.4, 0.5) is 29.1 Å². The van der Waals surface area contributed by atoms with E-state index in [1.807, 2.05) is 0 Å². The first-order chi connectivity index (χ1) is 11.8. The molecule has 0 spiro atoms. The fraction of sp³-hybridized carbons (Fsp3) is 0.176. The average molecular weight is 349 g/mol. The maximum Gasteiger partial charge on any atom is 0.435 e. The fourth-order valence-corrected chi connectivity index (χ4v) is 3.10. The van der Waals surface area contributed by atoms with Crippen molar-refractivity contribution in [1.82, 2.24) is 9.38 Å². The van der Waals surface area contributed by atoms with Crippen LogP contribution in [0.2, 0.25) is 0 Å². The van der Waals surface area contributed by atoms with Gasteiger partial charge in [0.2, 0.25) is 5.91 Å². The van der Waals surface area contributed by atoms with Gasteiger partial charge in [-0.15, -0.1) is 0 Å². The summed E-state index contributed by atoms with van der Waals surface area (Å²) in [5.41, 5.74) is -0.173. The number of carbonyl (C=O) groups is 1. The summed E-state index contributed by atoms with van der Waals surface area (Å²) >= 11 is 0. The summed E-state index contributed by atoms with van der Waals surface area (Å²) in [6, 6.07) is 7.03. The van der Waals surface area contributed by atoms with Crippen LogP contribution in [0.5, 0.6) is 0 Å². The van der Waals surface area contributed by atoms with E-state index in [1.54, 1.807) is 6.92 Å². The van der Waals surface area contributed by atoms with Crippen molar-refractivity contribution in [2.24, 2.45) is 0 Å². The number of fused-ring (bicyclic) bond motifs is 2. The molecule has 0 saturated heterocycles. The molecule has 0 fully saturated rings. The second kappa shape index (κ2) is 5.05. The summed E-state index contributed by atoms with van der Waals surface area (Å²) in [5.74, 6) is -2.01. The Balaban J connectivity index is 2.04. The molecule has 0 atom stereocenters. The van der Waals surface area contributed by atoms with Crippen molar-refractivity contribution in [2.45, 2.75) is 19.5 Å². The number of para-hydroxylation sites is 1. The third kappa shape index (κ3) is 2.28. The molecular formula is C17H11F4N3O. The van der Waals surface area contributed by atoms with Crippen LogP contribution in [-0.4, -0.2) is 15.3 Å². The van der Waals surface area contributed by atoms with Gasteiger partial charge in [0.05, 0.1) is 12.1 Å². The predicted molar refractivity (Wildman–Crippen MR) is 82.2 cm³/mol. The van der Waals surface area contributed by atoms with Gasteiger partial charge in [0.25, 0.3) is 0 Å². The smallest absolute Gasteiger partial charge is 0.294 e. The first-order valence-electron chi connectivity index (χ1n) is 7.43. The molecule has 1 aromatic carbocycles. The number of aryl methyl sites for hydroxylation is 1. The lowest BCUT2D eigenvalue weighted by Gasteiger charge is -2.18. The van der Waals surface area contributed by atoms with E-state index in [0.29, 0.717) is 5.56 Å². The van der Waals surface area contributed by atoms with Crippen molar-refractivity contribution in [3.8, 4) is 0 Å². The number of halogens is 4. The summed E-state index contributed by atoms with van der Waals surface area (Å²) in [5, 5.41) is 0. The number of benzene rings is 1. The van der Waals surface area contributed by atoms with Crippen molar-refractivity contribution < 1.29 is 22.4 Å². The van der Waals surface area contributed by atoms with E-state index in [-0.39, 0.29) is 17.8 Å². The number of imidazole rings is 1. The summed E-state index contributed by atoms with van der Waals surface area (Å²) in [7, 11) is 0. The van der Waals surface area contributed by atoms with E-state index in [1.165, 1.54) is 30.5 Å². The Morgan fingerprint density at radius 2 is 1.96 bits per heavy atom. The van der Waals surface area contributed by atoms with Gasteiger partial charge < -0.3 is 0 Å². The summed E-state index contributed by atoms with van der Waals surface area (Å²) in [6.45, 7) is 1.72. The Morgan fingerprint density at radius 1 is 1.20 bits per heavy atom. The maximum absolute atomic E-state index is 14.2. The number of hydrogen-bond acceptors (Lipinski definition) is 2. The fourth-order valence-electron chi connectivity index (χ4n) is 3.10. The SMILES string of the molecule is Cc1ccn2c(C(F)(F)F)c(N3C(=O)Cc4cccc(F)c43)nc2c1. The molecule has 128 valence electrons. The van der Waals surface area contributed by atoms with Crippen LogP contribution in [0.25, 0.3) is 5.65 Å². The van der Waals surface area contributed by atoms with Crippen LogP contribution in [0.3, 0.4) is 0 Å². The van der Waals surface area contributed by atoms with Gasteiger partial charge in [0.1, 0.15) is 11.5 Å². The Morgan fingerprint density at radius 3 is 2.68 bits per heavy atom. The number of aromatic nitrogens is 2. The lowest BCUT2D eigenvalue weighted by Crippen LogP contribution is -2.25. The van der Waals surface area contributed by atoms with Crippen LogP contribution in [0.15, 0.2) is 36.5 Å². The highest BCUT2D eigenvalue weighted by Crippen LogP contribution is 2.43. The average Bonchev–Trinajstić information content (AvgIpc) is 3.03. The molecule has 8 heteroatoms. The lowest BCUT2D eigenvalue weighted by molar-refractivity contribution is -0.141. The highest BCUT2D eigenvalue weighted by molar-refractivity contribution is 6.07. The first kappa shape index (κ1) is 15.6. The number of pyridine rings is 1. The van der Waals surface area contributed by atoms with Crippen LogP contribution < -0.4 is 4.90 Å². The van der Waals surface area contributed by atoms with Crippen LogP contribution in [0.1, 0.15) is 16.8 Å². The van der Waals surface area contributed by atoms with Crippen molar-refractivity contribution >= 4 is 23.1 Å². The van der Waals surface area contributed by atoms with E-state index in [9.17, 15) is 22.4 Å². The third-order valence-electron chi connectivity index (χ3n) is 4.13. The third-order valence-corrected chi connectivity index (χ3v) is 4.13. The second-order valence-corrected chi connectivity index (χ2v) is 5.87. The van der Waals surface area contributed by atoms with E-state index in [4.69, 9.17) is 0 Å². The molecule has 1 aliphatic heterocycles. The molecule has 0 saturated carbocycles. The zero-order valence-corrected chi connectivity index (χ0v) is 12.9. The van der Waals surface area contributed by atoms with Gasteiger partial charge in [-0.25, -0.2) is 9.37 Å². The molecule has 0 unspecified atom stereocenters. The Bertz CT molecular complexity index is 1020. The minimum absolute atomic E-state index is 0.0416. The maximum atomic E-state index is 14.2. The summed E-state index contributed by atoms with van der Waals surface area (Å²) < 4.78 is 56.1. The molecule has 3 aromatic rings.